The van der Waals surface area contributed by atoms with Crippen LogP contribution in [0.2, 0.25) is 0 Å². The highest BCUT2D eigenvalue weighted by molar-refractivity contribution is 7.99. The predicted molar refractivity (Wildman–Crippen MR) is 56.7 cm³/mol. The lowest BCUT2D eigenvalue weighted by Gasteiger charge is -2.11. The molecule has 0 aromatic carbocycles. The smallest absolute Gasteiger partial charge is 0.145 e. The van der Waals surface area contributed by atoms with E-state index in [9.17, 15) is 4.79 Å². The molecular formula is C10H20OS. The van der Waals surface area contributed by atoms with Crippen molar-refractivity contribution in [2.45, 2.75) is 39.5 Å². The van der Waals surface area contributed by atoms with Gasteiger partial charge in [0.15, 0.2) is 0 Å². The Kier molecular flexibility index (Phi) is 7.67. The SMILES string of the molecule is CCCCC(CC)C(=O)CSC. The van der Waals surface area contributed by atoms with Crippen LogP contribution in [0.25, 0.3) is 0 Å². The first-order chi connectivity index (χ1) is 5.76. The number of hydrogen-bond acceptors (Lipinski definition) is 2. The molecule has 0 spiro atoms. The molecular weight excluding hydrogens is 168 g/mol. The minimum Gasteiger partial charge on any atom is -0.298 e. The largest absolute Gasteiger partial charge is 0.298 e. The van der Waals surface area contributed by atoms with E-state index in [-0.39, 0.29) is 0 Å². The van der Waals surface area contributed by atoms with Gasteiger partial charge in [-0.3, -0.25) is 4.79 Å². The van der Waals surface area contributed by atoms with Gasteiger partial charge in [0.2, 0.25) is 0 Å². The van der Waals surface area contributed by atoms with Crippen molar-refractivity contribution in [3.05, 3.63) is 0 Å². The Labute approximate surface area is 80.3 Å². The average Bonchev–Trinajstić information content (AvgIpc) is 2.06. The molecule has 0 fully saturated rings. The van der Waals surface area contributed by atoms with Gasteiger partial charge in [-0.2, -0.15) is 11.8 Å². The molecule has 0 aromatic rings. The first kappa shape index (κ1) is 12.0. The van der Waals surface area contributed by atoms with E-state index in [2.05, 4.69) is 13.8 Å². The van der Waals surface area contributed by atoms with Gasteiger partial charge in [0.05, 0.1) is 5.75 Å². The molecule has 0 radical (unpaired) electrons. The Morgan fingerprint density at radius 2 is 2.08 bits per heavy atom. The van der Waals surface area contributed by atoms with Crippen LogP contribution in [0.4, 0.5) is 0 Å². The number of carbonyl (C=O) groups is 1. The first-order valence-corrected chi connectivity index (χ1v) is 6.17. The molecule has 12 heavy (non-hydrogen) atoms. The van der Waals surface area contributed by atoms with Crippen LogP contribution in [0.3, 0.4) is 0 Å². The summed E-state index contributed by atoms with van der Waals surface area (Å²) in [6.45, 7) is 4.28. The van der Waals surface area contributed by atoms with Crippen LogP contribution in [-0.2, 0) is 4.79 Å². The van der Waals surface area contributed by atoms with Gasteiger partial charge in [0.1, 0.15) is 5.78 Å². The quantitative estimate of drug-likeness (QED) is 0.610. The summed E-state index contributed by atoms with van der Waals surface area (Å²) in [6.07, 6.45) is 6.48. The summed E-state index contributed by atoms with van der Waals surface area (Å²) < 4.78 is 0. The first-order valence-electron chi connectivity index (χ1n) is 4.77. The lowest BCUT2D eigenvalue weighted by molar-refractivity contribution is -0.120. The minimum absolute atomic E-state index is 0.331. The van der Waals surface area contributed by atoms with Crippen LogP contribution in [0, 0.1) is 5.92 Å². The number of thioether (sulfide) groups is 1. The third kappa shape index (κ3) is 4.81. The van der Waals surface area contributed by atoms with E-state index >= 15 is 0 Å². The van der Waals surface area contributed by atoms with Gasteiger partial charge in [0, 0.05) is 5.92 Å². The highest BCUT2D eigenvalue weighted by Gasteiger charge is 2.14. The van der Waals surface area contributed by atoms with Gasteiger partial charge in [-0.1, -0.05) is 26.7 Å². The third-order valence-electron chi connectivity index (χ3n) is 2.14. The summed E-state index contributed by atoms with van der Waals surface area (Å²) in [5, 5.41) is 0. The number of carbonyl (C=O) groups excluding carboxylic acids is 1. The molecule has 0 aliphatic rings. The Morgan fingerprint density at radius 1 is 1.42 bits per heavy atom. The molecule has 0 saturated heterocycles. The number of hydrogen-bond donors (Lipinski definition) is 0. The van der Waals surface area contributed by atoms with Gasteiger partial charge in [-0.05, 0) is 19.1 Å². The van der Waals surface area contributed by atoms with Crippen LogP contribution in [-0.4, -0.2) is 17.8 Å². The molecule has 0 amide bonds. The molecule has 0 saturated carbocycles. The second-order valence-electron chi connectivity index (χ2n) is 3.15. The number of rotatable bonds is 7. The summed E-state index contributed by atoms with van der Waals surface area (Å²) >= 11 is 1.64. The summed E-state index contributed by atoms with van der Waals surface area (Å²) in [5.74, 6) is 1.47. The molecule has 1 unspecified atom stereocenters. The molecule has 0 aliphatic heterocycles. The van der Waals surface area contributed by atoms with E-state index < -0.39 is 0 Å². The van der Waals surface area contributed by atoms with E-state index in [1.807, 2.05) is 6.26 Å². The maximum atomic E-state index is 11.5. The molecule has 2 heteroatoms. The van der Waals surface area contributed by atoms with Crippen molar-refractivity contribution in [3.8, 4) is 0 Å². The van der Waals surface area contributed by atoms with Crippen molar-refractivity contribution in [2.75, 3.05) is 12.0 Å². The molecule has 0 N–H and O–H groups in total. The maximum Gasteiger partial charge on any atom is 0.145 e. The topological polar surface area (TPSA) is 17.1 Å². The predicted octanol–water partition coefficient (Wildman–Crippen LogP) is 3.13. The monoisotopic (exact) mass is 188 g/mol. The van der Waals surface area contributed by atoms with E-state index in [1.54, 1.807) is 11.8 Å². The van der Waals surface area contributed by atoms with Gasteiger partial charge in [-0.15, -0.1) is 0 Å². The van der Waals surface area contributed by atoms with E-state index in [0.29, 0.717) is 17.5 Å². The summed E-state index contributed by atoms with van der Waals surface area (Å²) in [6, 6.07) is 0. The number of unbranched alkanes of at least 4 members (excludes halogenated alkanes) is 1. The Balaban J connectivity index is 3.71. The standard InChI is InChI=1S/C10H20OS/c1-4-6-7-9(5-2)10(11)8-12-3/h9H,4-8H2,1-3H3. The fourth-order valence-electron chi connectivity index (χ4n) is 1.30. The van der Waals surface area contributed by atoms with E-state index in [0.717, 1.165) is 12.8 Å². The van der Waals surface area contributed by atoms with Gasteiger partial charge < -0.3 is 0 Å². The Morgan fingerprint density at radius 3 is 2.50 bits per heavy atom. The van der Waals surface area contributed by atoms with Gasteiger partial charge >= 0.3 is 0 Å². The highest BCUT2D eigenvalue weighted by Crippen LogP contribution is 2.15. The van der Waals surface area contributed by atoms with Crippen LogP contribution in [0.1, 0.15) is 39.5 Å². The van der Waals surface area contributed by atoms with Crippen molar-refractivity contribution in [1.29, 1.82) is 0 Å². The molecule has 0 rings (SSSR count). The minimum atomic E-state index is 0.331. The highest BCUT2D eigenvalue weighted by atomic mass is 32.2. The normalized spacial score (nSPS) is 12.9. The average molecular weight is 188 g/mol. The zero-order chi connectivity index (χ0) is 9.40. The molecule has 0 aromatic heterocycles. The summed E-state index contributed by atoms with van der Waals surface area (Å²) in [5.41, 5.74) is 0. The molecule has 1 atom stereocenters. The van der Waals surface area contributed by atoms with E-state index in [4.69, 9.17) is 0 Å². The zero-order valence-electron chi connectivity index (χ0n) is 8.43. The zero-order valence-corrected chi connectivity index (χ0v) is 9.25. The molecule has 0 aliphatic carbocycles. The second-order valence-corrected chi connectivity index (χ2v) is 4.01. The fourth-order valence-corrected chi connectivity index (χ4v) is 1.82. The fraction of sp³-hybridized carbons (Fsp3) is 0.900. The summed E-state index contributed by atoms with van der Waals surface area (Å²) in [4.78, 5) is 11.5. The van der Waals surface area contributed by atoms with Gasteiger partial charge in [-0.25, -0.2) is 0 Å². The van der Waals surface area contributed by atoms with Crippen molar-refractivity contribution >= 4 is 17.5 Å². The summed E-state index contributed by atoms with van der Waals surface area (Å²) in [7, 11) is 0. The Bertz CT molecular complexity index is 123. The molecule has 0 bridgehead atoms. The van der Waals surface area contributed by atoms with Crippen molar-refractivity contribution in [3.63, 3.8) is 0 Å². The van der Waals surface area contributed by atoms with Crippen molar-refractivity contribution in [2.24, 2.45) is 5.92 Å². The molecule has 1 nitrogen and oxygen atoms in total. The van der Waals surface area contributed by atoms with Crippen LogP contribution in [0.5, 0.6) is 0 Å². The van der Waals surface area contributed by atoms with Crippen LogP contribution >= 0.6 is 11.8 Å². The van der Waals surface area contributed by atoms with Gasteiger partial charge in [0.25, 0.3) is 0 Å². The number of ketones is 1. The molecule has 72 valence electrons. The lowest BCUT2D eigenvalue weighted by Crippen LogP contribution is -2.15. The third-order valence-corrected chi connectivity index (χ3v) is 2.71. The van der Waals surface area contributed by atoms with E-state index in [1.165, 1.54) is 12.8 Å². The Hall–Kier alpha value is 0.0200. The molecule has 0 heterocycles. The lowest BCUT2D eigenvalue weighted by atomic mass is 9.96. The maximum absolute atomic E-state index is 11.5. The van der Waals surface area contributed by atoms with Crippen LogP contribution < -0.4 is 0 Å². The van der Waals surface area contributed by atoms with Crippen molar-refractivity contribution < 1.29 is 4.79 Å². The second kappa shape index (κ2) is 7.66. The number of Topliss-reactive ketones (excluding diaryl/α,β-unsaturated/α-hetero) is 1. The van der Waals surface area contributed by atoms with Crippen molar-refractivity contribution in [1.82, 2.24) is 0 Å². The van der Waals surface area contributed by atoms with Crippen LogP contribution in [0.15, 0.2) is 0 Å².